The number of nitrogens with one attached hydrogen (secondary N) is 1. The molecule has 0 amide bonds. The smallest absolute Gasteiger partial charge is 0.151 e. The first-order chi connectivity index (χ1) is 7.90. The molecular formula is C12H24N2O2S. The molecule has 0 saturated carbocycles. The zero-order valence-corrected chi connectivity index (χ0v) is 11.7. The Balaban J connectivity index is 1.90. The molecule has 2 fully saturated rings. The average Bonchev–Trinajstić information content (AvgIpc) is 2.59. The van der Waals surface area contributed by atoms with Gasteiger partial charge in [-0.15, -0.1) is 0 Å². The highest BCUT2D eigenvalue weighted by molar-refractivity contribution is 7.91. The molecule has 4 nitrogen and oxygen atoms in total. The van der Waals surface area contributed by atoms with Crippen LogP contribution in [0.5, 0.6) is 0 Å². The van der Waals surface area contributed by atoms with Gasteiger partial charge in [0.25, 0.3) is 0 Å². The van der Waals surface area contributed by atoms with E-state index in [1.54, 1.807) is 0 Å². The topological polar surface area (TPSA) is 49.4 Å². The molecule has 2 aliphatic heterocycles. The summed E-state index contributed by atoms with van der Waals surface area (Å²) >= 11 is 0. The van der Waals surface area contributed by atoms with Gasteiger partial charge in [-0.3, -0.25) is 0 Å². The number of piperidine rings is 1. The van der Waals surface area contributed by atoms with E-state index in [9.17, 15) is 8.42 Å². The van der Waals surface area contributed by atoms with E-state index in [1.165, 1.54) is 19.3 Å². The maximum Gasteiger partial charge on any atom is 0.151 e. The molecule has 2 atom stereocenters. The van der Waals surface area contributed by atoms with Gasteiger partial charge in [-0.1, -0.05) is 6.42 Å². The molecule has 100 valence electrons. The number of hydrogen-bond donors (Lipinski definition) is 1. The fourth-order valence-electron chi connectivity index (χ4n) is 3.06. The molecule has 0 aliphatic carbocycles. The first-order valence-electron chi connectivity index (χ1n) is 6.56. The normalized spacial score (nSPS) is 37.5. The summed E-state index contributed by atoms with van der Waals surface area (Å²) in [6, 6.07) is 0.223. The van der Waals surface area contributed by atoms with Crippen LogP contribution in [-0.2, 0) is 9.84 Å². The molecule has 5 heteroatoms. The summed E-state index contributed by atoms with van der Waals surface area (Å²) in [5.74, 6) is 0.714. The Morgan fingerprint density at radius 2 is 2.18 bits per heavy atom. The fourth-order valence-corrected chi connectivity index (χ4v) is 4.86. The van der Waals surface area contributed by atoms with Gasteiger partial charge in [0, 0.05) is 18.1 Å². The Morgan fingerprint density at radius 3 is 2.71 bits per heavy atom. The zero-order chi connectivity index (χ0) is 12.5. The quantitative estimate of drug-likeness (QED) is 0.809. The SMILES string of the molecule is CN(CC1(C)CCCCN1)C1CCS(=O)(=O)C1. The van der Waals surface area contributed by atoms with Gasteiger partial charge in [0.05, 0.1) is 11.5 Å². The lowest BCUT2D eigenvalue weighted by atomic mass is 9.90. The Labute approximate surface area is 105 Å². The number of likely N-dealkylation sites (N-methyl/N-ethyl adjacent to an activating group) is 1. The van der Waals surface area contributed by atoms with E-state index in [2.05, 4.69) is 24.2 Å². The van der Waals surface area contributed by atoms with Crippen LogP contribution in [0.3, 0.4) is 0 Å². The summed E-state index contributed by atoms with van der Waals surface area (Å²) in [4.78, 5) is 2.24. The molecule has 0 radical (unpaired) electrons. The van der Waals surface area contributed by atoms with E-state index in [0.717, 1.165) is 19.5 Å². The van der Waals surface area contributed by atoms with Gasteiger partial charge in [-0.25, -0.2) is 8.42 Å². The van der Waals surface area contributed by atoms with Crippen LogP contribution in [0.25, 0.3) is 0 Å². The predicted octanol–water partition coefficient (Wildman–Crippen LogP) is 0.638. The molecule has 0 aromatic carbocycles. The van der Waals surface area contributed by atoms with Gasteiger partial charge in [0.2, 0.25) is 0 Å². The van der Waals surface area contributed by atoms with E-state index in [1.807, 2.05) is 0 Å². The van der Waals surface area contributed by atoms with Crippen molar-refractivity contribution in [1.82, 2.24) is 10.2 Å². The minimum Gasteiger partial charge on any atom is -0.310 e. The molecule has 2 saturated heterocycles. The summed E-state index contributed by atoms with van der Waals surface area (Å²) in [7, 11) is -0.701. The molecule has 2 unspecified atom stereocenters. The van der Waals surface area contributed by atoms with Crippen LogP contribution in [0.1, 0.15) is 32.6 Å². The third-order valence-electron chi connectivity index (χ3n) is 4.14. The van der Waals surface area contributed by atoms with Crippen LogP contribution in [0.15, 0.2) is 0 Å². The lowest BCUT2D eigenvalue weighted by molar-refractivity contribution is 0.158. The molecule has 2 heterocycles. The van der Waals surface area contributed by atoms with Gasteiger partial charge < -0.3 is 10.2 Å². The summed E-state index contributed by atoms with van der Waals surface area (Å²) in [5, 5.41) is 3.58. The van der Waals surface area contributed by atoms with Crippen molar-refractivity contribution in [2.24, 2.45) is 0 Å². The zero-order valence-electron chi connectivity index (χ0n) is 10.9. The number of rotatable bonds is 3. The van der Waals surface area contributed by atoms with E-state index in [-0.39, 0.29) is 11.6 Å². The molecule has 0 aromatic rings. The first kappa shape index (κ1) is 13.3. The highest BCUT2D eigenvalue weighted by Crippen LogP contribution is 2.23. The first-order valence-corrected chi connectivity index (χ1v) is 8.38. The Morgan fingerprint density at radius 1 is 1.41 bits per heavy atom. The van der Waals surface area contributed by atoms with Gasteiger partial charge in [-0.2, -0.15) is 0 Å². The van der Waals surface area contributed by atoms with Crippen molar-refractivity contribution in [3.05, 3.63) is 0 Å². The van der Waals surface area contributed by atoms with Crippen LogP contribution in [-0.4, -0.2) is 56.5 Å². The standard InChI is InChI=1S/C12H24N2O2S/c1-12(6-3-4-7-13-12)10-14(2)11-5-8-17(15,16)9-11/h11,13H,3-10H2,1-2H3. The van der Waals surface area contributed by atoms with Crippen LogP contribution in [0.2, 0.25) is 0 Å². The van der Waals surface area contributed by atoms with Crippen LogP contribution in [0.4, 0.5) is 0 Å². The maximum absolute atomic E-state index is 11.5. The lowest BCUT2D eigenvalue weighted by Crippen LogP contribution is -2.54. The molecule has 0 spiro atoms. The summed E-state index contributed by atoms with van der Waals surface area (Å²) < 4.78 is 23.0. The molecule has 17 heavy (non-hydrogen) atoms. The second kappa shape index (κ2) is 4.86. The Bertz CT molecular complexity index is 361. The van der Waals surface area contributed by atoms with Crippen molar-refractivity contribution < 1.29 is 8.42 Å². The highest BCUT2D eigenvalue weighted by Gasteiger charge is 2.34. The van der Waals surface area contributed by atoms with Crippen molar-refractivity contribution in [3.8, 4) is 0 Å². The van der Waals surface area contributed by atoms with Crippen molar-refractivity contribution in [1.29, 1.82) is 0 Å². The minimum atomic E-state index is -2.76. The van der Waals surface area contributed by atoms with Crippen LogP contribution < -0.4 is 5.32 Å². The van der Waals surface area contributed by atoms with E-state index in [4.69, 9.17) is 0 Å². The summed E-state index contributed by atoms with van der Waals surface area (Å²) in [5.41, 5.74) is 0.166. The van der Waals surface area contributed by atoms with Crippen molar-refractivity contribution in [3.63, 3.8) is 0 Å². The monoisotopic (exact) mass is 260 g/mol. The van der Waals surface area contributed by atoms with Crippen molar-refractivity contribution >= 4 is 9.84 Å². The molecule has 2 rings (SSSR count). The van der Waals surface area contributed by atoms with Gasteiger partial charge in [0.1, 0.15) is 0 Å². The van der Waals surface area contributed by atoms with E-state index < -0.39 is 9.84 Å². The fraction of sp³-hybridized carbons (Fsp3) is 1.00. The van der Waals surface area contributed by atoms with Gasteiger partial charge in [-0.05, 0) is 39.8 Å². The van der Waals surface area contributed by atoms with Gasteiger partial charge >= 0.3 is 0 Å². The van der Waals surface area contributed by atoms with E-state index in [0.29, 0.717) is 11.5 Å². The summed E-state index contributed by atoms with van der Waals surface area (Å²) in [6.07, 6.45) is 4.53. The average molecular weight is 260 g/mol. The molecule has 2 aliphatic rings. The minimum absolute atomic E-state index is 0.166. The number of hydrogen-bond acceptors (Lipinski definition) is 4. The highest BCUT2D eigenvalue weighted by atomic mass is 32.2. The van der Waals surface area contributed by atoms with Gasteiger partial charge in [0.15, 0.2) is 9.84 Å². The maximum atomic E-state index is 11.5. The molecule has 0 bridgehead atoms. The second-order valence-corrected chi connectivity index (χ2v) is 8.15. The summed E-state index contributed by atoms with van der Waals surface area (Å²) in [6.45, 7) is 4.30. The number of nitrogens with zero attached hydrogens (tertiary/aromatic N) is 1. The third-order valence-corrected chi connectivity index (χ3v) is 5.89. The molecule has 1 N–H and O–H groups in total. The third kappa shape index (κ3) is 3.42. The largest absolute Gasteiger partial charge is 0.310 e. The Kier molecular flexibility index (Phi) is 3.80. The Hall–Kier alpha value is -0.130. The lowest BCUT2D eigenvalue weighted by Gasteiger charge is -2.39. The van der Waals surface area contributed by atoms with Crippen molar-refractivity contribution in [2.45, 2.75) is 44.2 Å². The van der Waals surface area contributed by atoms with Crippen LogP contribution in [0, 0.1) is 0 Å². The molecule has 0 aromatic heterocycles. The van der Waals surface area contributed by atoms with Crippen molar-refractivity contribution in [2.75, 3.05) is 31.6 Å². The predicted molar refractivity (Wildman–Crippen MR) is 69.9 cm³/mol. The van der Waals surface area contributed by atoms with Crippen LogP contribution >= 0.6 is 0 Å². The van der Waals surface area contributed by atoms with E-state index >= 15 is 0 Å². The molecular weight excluding hydrogens is 236 g/mol. The number of sulfone groups is 1. The second-order valence-electron chi connectivity index (χ2n) is 5.92.